The first-order valence-electron chi connectivity index (χ1n) is 11.2. The molecule has 3 rings (SSSR count). The van der Waals surface area contributed by atoms with Crippen molar-refractivity contribution >= 4 is 40.0 Å². The van der Waals surface area contributed by atoms with Crippen LogP contribution in [0.3, 0.4) is 0 Å². The molecule has 0 aliphatic heterocycles. The Hall–Kier alpha value is -2.85. The van der Waals surface area contributed by atoms with E-state index in [4.69, 9.17) is 9.47 Å². The van der Waals surface area contributed by atoms with Crippen molar-refractivity contribution in [1.29, 1.82) is 0 Å². The number of thiophene rings is 1. The molecule has 0 saturated heterocycles. The normalized spacial score (nSPS) is 10.9. The van der Waals surface area contributed by atoms with Crippen LogP contribution in [0, 0.1) is 6.92 Å². The van der Waals surface area contributed by atoms with Crippen molar-refractivity contribution < 1.29 is 19.1 Å². The van der Waals surface area contributed by atoms with Crippen LogP contribution in [0.4, 0.5) is 5.00 Å². The fraction of sp³-hybridized carbons (Fsp3) is 0.417. The Morgan fingerprint density at radius 2 is 1.85 bits per heavy atom. The van der Waals surface area contributed by atoms with E-state index >= 15 is 0 Å². The zero-order valence-corrected chi connectivity index (χ0v) is 21.8. The van der Waals surface area contributed by atoms with Crippen LogP contribution in [-0.4, -0.2) is 39.5 Å². The van der Waals surface area contributed by atoms with Crippen LogP contribution >= 0.6 is 23.1 Å². The molecule has 0 fully saturated rings. The number of esters is 1. The van der Waals surface area contributed by atoms with Gasteiger partial charge in [0, 0.05) is 11.4 Å². The molecular weight excluding hydrogens is 472 g/mol. The lowest BCUT2D eigenvalue weighted by molar-refractivity contribution is -0.113. The Labute approximate surface area is 208 Å². The number of amides is 1. The lowest BCUT2D eigenvalue weighted by Crippen LogP contribution is -2.17. The molecule has 0 unspecified atom stereocenters. The first kappa shape index (κ1) is 25.8. The molecule has 0 aliphatic carbocycles. The first-order chi connectivity index (χ1) is 16.4. The lowest BCUT2D eigenvalue weighted by Gasteiger charge is -2.09. The topological polar surface area (TPSA) is 95.3 Å². The summed E-state index contributed by atoms with van der Waals surface area (Å²) >= 11 is 2.68. The van der Waals surface area contributed by atoms with E-state index in [2.05, 4.69) is 22.4 Å². The van der Waals surface area contributed by atoms with E-state index in [9.17, 15) is 9.59 Å². The molecule has 34 heavy (non-hydrogen) atoms. The van der Waals surface area contributed by atoms with Crippen molar-refractivity contribution in [2.45, 2.75) is 58.8 Å². The Morgan fingerprint density at radius 1 is 1.12 bits per heavy atom. The summed E-state index contributed by atoms with van der Waals surface area (Å²) in [6.07, 6.45) is 1.67. The van der Waals surface area contributed by atoms with Crippen LogP contribution in [-0.2, 0) is 35.5 Å². The highest BCUT2D eigenvalue weighted by atomic mass is 32.2. The predicted molar refractivity (Wildman–Crippen MR) is 135 cm³/mol. The molecule has 1 N–H and O–H groups in total. The standard InChI is InChI=1S/C24H30N4O4S2/c1-6-16-9-11-17(12-10-16)32-13-19-26-27-24(28(19)8-3)33-14-20(29)25-22-21(23(30)31-5)18(7-2)15(4)34-22/h9-12H,6-8,13-14H2,1-5H3,(H,25,29). The number of aromatic nitrogens is 3. The quantitative estimate of drug-likeness (QED) is 0.295. The summed E-state index contributed by atoms with van der Waals surface area (Å²) in [7, 11) is 1.34. The van der Waals surface area contributed by atoms with Gasteiger partial charge < -0.3 is 19.4 Å². The molecule has 0 saturated carbocycles. The van der Waals surface area contributed by atoms with Crippen LogP contribution in [0.15, 0.2) is 29.4 Å². The number of carbonyl (C=O) groups excluding carboxylic acids is 2. The molecular formula is C24H30N4O4S2. The maximum atomic E-state index is 12.7. The van der Waals surface area contributed by atoms with Crippen molar-refractivity contribution in [3.8, 4) is 5.75 Å². The number of carbonyl (C=O) groups is 2. The van der Waals surface area contributed by atoms with Crippen LogP contribution in [0.25, 0.3) is 0 Å². The second-order valence-corrected chi connectivity index (χ2v) is 9.62. The Kier molecular flexibility index (Phi) is 9.12. The van der Waals surface area contributed by atoms with E-state index in [1.165, 1.54) is 35.8 Å². The Morgan fingerprint density at radius 3 is 2.47 bits per heavy atom. The van der Waals surface area contributed by atoms with E-state index < -0.39 is 5.97 Å². The van der Waals surface area contributed by atoms with Gasteiger partial charge in [-0.15, -0.1) is 21.5 Å². The molecule has 0 bridgehead atoms. The van der Waals surface area contributed by atoms with Gasteiger partial charge in [-0.1, -0.05) is 37.7 Å². The fourth-order valence-corrected chi connectivity index (χ4v) is 5.49. The second kappa shape index (κ2) is 12.0. The number of nitrogens with one attached hydrogen (secondary N) is 1. The van der Waals surface area contributed by atoms with Gasteiger partial charge in [0.2, 0.25) is 5.91 Å². The second-order valence-electron chi connectivity index (χ2n) is 7.45. The summed E-state index contributed by atoms with van der Waals surface area (Å²) in [5, 5.41) is 12.5. The maximum Gasteiger partial charge on any atom is 0.341 e. The summed E-state index contributed by atoms with van der Waals surface area (Å²) in [6, 6.07) is 7.99. The van der Waals surface area contributed by atoms with Gasteiger partial charge >= 0.3 is 5.97 Å². The number of methoxy groups -OCH3 is 1. The van der Waals surface area contributed by atoms with Crippen molar-refractivity contribution in [1.82, 2.24) is 14.8 Å². The Bertz CT molecular complexity index is 1140. The molecule has 10 heteroatoms. The first-order valence-corrected chi connectivity index (χ1v) is 13.0. The number of ether oxygens (including phenoxy) is 2. The SMILES string of the molecule is CCc1ccc(OCc2nnc(SCC(=O)Nc3sc(C)c(CC)c3C(=O)OC)n2CC)cc1. The zero-order chi connectivity index (χ0) is 24.7. The number of anilines is 1. The van der Waals surface area contributed by atoms with Gasteiger partial charge in [-0.3, -0.25) is 4.79 Å². The van der Waals surface area contributed by atoms with Gasteiger partial charge in [0.1, 0.15) is 17.4 Å². The minimum Gasteiger partial charge on any atom is -0.486 e. The third-order valence-corrected chi connectivity index (χ3v) is 7.38. The molecule has 1 aromatic carbocycles. The summed E-state index contributed by atoms with van der Waals surface area (Å²) in [4.78, 5) is 25.9. The van der Waals surface area contributed by atoms with E-state index in [1.54, 1.807) is 0 Å². The smallest absolute Gasteiger partial charge is 0.341 e. The van der Waals surface area contributed by atoms with Crippen molar-refractivity contribution in [2.24, 2.45) is 0 Å². The minimum atomic E-state index is -0.441. The van der Waals surface area contributed by atoms with Crippen molar-refractivity contribution in [3.05, 3.63) is 51.7 Å². The van der Waals surface area contributed by atoms with Gasteiger partial charge in [0.25, 0.3) is 0 Å². The van der Waals surface area contributed by atoms with E-state index in [-0.39, 0.29) is 18.3 Å². The lowest BCUT2D eigenvalue weighted by atomic mass is 10.1. The predicted octanol–water partition coefficient (Wildman–Crippen LogP) is 4.89. The third-order valence-electron chi connectivity index (χ3n) is 5.35. The van der Waals surface area contributed by atoms with Crippen molar-refractivity contribution in [3.63, 3.8) is 0 Å². The van der Waals surface area contributed by atoms with Crippen LogP contribution in [0.5, 0.6) is 5.75 Å². The number of hydrogen-bond acceptors (Lipinski definition) is 8. The summed E-state index contributed by atoms with van der Waals surface area (Å²) in [6.45, 7) is 8.96. The molecule has 1 amide bonds. The van der Waals surface area contributed by atoms with Gasteiger partial charge in [-0.2, -0.15) is 0 Å². The Balaban J connectivity index is 1.63. The zero-order valence-electron chi connectivity index (χ0n) is 20.1. The van der Waals surface area contributed by atoms with E-state index in [1.807, 2.05) is 49.6 Å². The van der Waals surface area contributed by atoms with Gasteiger partial charge in [-0.25, -0.2) is 4.79 Å². The number of aryl methyl sites for hydroxylation is 2. The number of rotatable bonds is 11. The highest BCUT2D eigenvalue weighted by molar-refractivity contribution is 7.99. The number of nitrogens with zero attached hydrogens (tertiary/aromatic N) is 3. The molecule has 0 aliphatic rings. The number of thioether (sulfide) groups is 1. The van der Waals surface area contributed by atoms with Crippen LogP contribution < -0.4 is 10.1 Å². The van der Waals surface area contributed by atoms with Crippen molar-refractivity contribution in [2.75, 3.05) is 18.2 Å². The average molecular weight is 503 g/mol. The molecule has 2 heterocycles. The molecule has 182 valence electrons. The fourth-order valence-electron chi connectivity index (χ4n) is 3.52. The minimum absolute atomic E-state index is 0.135. The van der Waals surface area contributed by atoms with Gasteiger partial charge in [-0.05, 0) is 49.9 Å². The highest BCUT2D eigenvalue weighted by Gasteiger charge is 2.23. The maximum absolute atomic E-state index is 12.7. The number of benzene rings is 1. The highest BCUT2D eigenvalue weighted by Crippen LogP contribution is 2.34. The van der Waals surface area contributed by atoms with Crippen LogP contribution in [0.2, 0.25) is 0 Å². The van der Waals surface area contributed by atoms with Gasteiger partial charge in [0.05, 0.1) is 18.4 Å². The molecule has 3 aromatic rings. The molecule has 0 atom stereocenters. The molecule has 0 spiro atoms. The average Bonchev–Trinajstić information content (AvgIpc) is 3.39. The molecule has 8 nitrogen and oxygen atoms in total. The van der Waals surface area contributed by atoms with Crippen LogP contribution in [0.1, 0.15) is 53.0 Å². The van der Waals surface area contributed by atoms with Gasteiger partial charge in [0.15, 0.2) is 11.0 Å². The largest absolute Gasteiger partial charge is 0.486 e. The monoisotopic (exact) mass is 502 g/mol. The summed E-state index contributed by atoms with van der Waals surface area (Å²) < 4.78 is 12.7. The molecule has 2 aromatic heterocycles. The molecule has 0 radical (unpaired) electrons. The van der Waals surface area contributed by atoms with E-state index in [0.29, 0.717) is 34.5 Å². The number of hydrogen-bond donors (Lipinski definition) is 1. The summed E-state index contributed by atoms with van der Waals surface area (Å²) in [5.74, 6) is 0.938. The third kappa shape index (κ3) is 5.98. The summed E-state index contributed by atoms with van der Waals surface area (Å²) in [5.41, 5.74) is 2.59. The van der Waals surface area contributed by atoms with E-state index in [0.717, 1.165) is 22.6 Å².